The maximum absolute atomic E-state index is 11.9. The highest BCUT2D eigenvalue weighted by molar-refractivity contribution is 9.10. The molecule has 0 aliphatic heterocycles. The van der Waals surface area contributed by atoms with E-state index in [0.29, 0.717) is 21.9 Å². The van der Waals surface area contributed by atoms with Crippen molar-refractivity contribution in [2.75, 3.05) is 7.11 Å². The lowest BCUT2D eigenvalue weighted by molar-refractivity contribution is 0.0954. The van der Waals surface area contributed by atoms with Crippen LogP contribution >= 0.6 is 27.5 Å². The number of nitrogens with zero attached hydrogens (tertiary/aromatic N) is 2. The first-order chi connectivity index (χ1) is 10.1. The molecule has 21 heavy (non-hydrogen) atoms. The number of halogens is 2. The minimum absolute atomic E-state index is 0.360. The van der Waals surface area contributed by atoms with Crippen LogP contribution < -0.4 is 10.2 Å². The van der Waals surface area contributed by atoms with E-state index in [4.69, 9.17) is 16.3 Å². The van der Waals surface area contributed by atoms with Crippen molar-refractivity contribution in [3.05, 3.63) is 57.3 Å². The van der Waals surface area contributed by atoms with Crippen LogP contribution in [-0.4, -0.2) is 24.2 Å². The summed E-state index contributed by atoms with van der Waals surface area (Å²) in [5.74, 6) is 0.252. The van der Waals surface area contributed by atoms with Crippen LogP contribution in [0.1, 0.15) is 15.9 Å². The van der Waals surface area contributed by atoms with Crippen molar-refractivity contribution >= 4 is 39.7 Å². The summed E-state index contributed by atoms with van der Waals surface area (Å²) in [6, 6.07) is 6.78. The Morgan fingerprint density at radius 2 is 2.24 bits per heavy atom. The molecule has 0 radical (unpaired) electrons. The molecule has 7 heteroatoms. The van der Waals surface area contributed by atoms with Crippen LogP contribution in [-0.2, 0) is 0 Å². The molecule has 5 nitrogen and oxygen atoms in total. The van der Waals surface area contributed by atoms with Crippen molar-refractivity contribution in [2.45, 2.75) is 0 Å². The van der Waals surface area contributed by atoms with Gasteiger partial charge < -0.3 is 4.74 Å². The third-order valence-electron chi connectivity index (χ3n) is 2.53. The van der Waals surface area contributed by atoms with Gasteiger partial charge in [0.1, 0.15) is 5.75 Å². The summed E-state index contributed by atoms with van der Waals surface area (Å²) in [5.41, 5.74) is 3.48. The number of hydrogen-bond donors (Lipinski definition) is 1. The topological polar surface area (TPSA) is 63.6 Å². The maximum Gasteiger partial charge on any atom is 0.272 e. The van der Waals surface area contributed by atoms with Gasteiger partial charge in [-0.25, -0.2) is 5.43 Å². The zero-order chi connectivity index (χ0) is 15.2. The van der Waals surface area contributed by atoms with Gasteiger partial charge in [-0.1, -0.05) is 11.6 Å². The summed E-state index contributed by atoms with van der Waals surface area (Å²) in [7, 11) is 1.55. The molecule has 0 saturated carbocycles. The Balaban J connectivity index is 2.09. The number of methoxy groups -OCH3 is 1. The molecule has 1 aromatic heterocycles. The third kappa shape index (κ3) is 4.27. The highest BCUT2D eigenvalue weighted by Crippen LogP contribution is 2.20. The number of aromatic nitrogens is 1. The summed E-state index contributed by atoms with van der Waals surface area (Å²) in [6.45, 7) is 0. The molecular formula is C14H11BrClN3O2. The lowest BCUT2D eigenvalue weighted by atomic mass is 10.2. The van der Waals surface area contributed by atoms with E-state index in [2.05, 4.69) is 31.4 Å². The average molecular weight is 369 g/mol. The Morgan fingerprint density at radius 3 is 2.95 bits per heavy atom. The van der Waals surface area contributed by atoms with Crippen molar-refractivity contribution in [3.63, 3.8) is 0 Å². The van der Waals surface area contributed by atoms with E-state index < -0.39 is 0 Å². The minimum atomic E-state index is -0.360. The van der Waals surface area contributed by atoms with E-state index in [-0.39, 0.29) is 5.91 Å². The predicted octanol–water partition coefficient (Wildman–Crippen LogP) is 3.27. The highest BCUT2D eigenvalue weighted by Gasteiger charge is 2.05. The minimum Gasteiger partial charge on any atom is -0.496 e. The second-order valence-electron chi connectivity index (χ2n) is 3.98. The van der Waals surface area contributed by atoms with Gasteiger partial charge in [-0.3, -0.25) is 9.78 Å². The first-order valence-electron chi connectivity index (χ1n) is 5.87. The highest BCUT2D eigenvalue weighted by atomic mass is 79.9. The van der Waals surface area contributed by atoms with Crippen LogP contribution in [0.3, 0.4) is 0 Å². The quantitative estimate of drug-likeness (QED) is 0.665. The number of pyridine rings is 1. The molecular weight excluding hydrogens is 358 g/mol. The summed E-state index contributed by atoms with van der Waals surface area (Å²) < 4.78 is 5.90. The Hall–Kier alpha value is -1.92. The Bertz CT molecular complexity index is 692. The lowest BCUT2D eigenvalue weighted by Gasteiger charge is -2.04. The second-order valence-corrected chi connectivity index (χ2v) is 5.33. The predicted molar refractivity (Wildman–Crippen MR) is 85.0 cm³/mol. The summed E-state index contributed by atoms with van der Waals surface area (Å²) in [4.78, 5) is 15.8. The van der Waals surface area contributed by atoms with Crippen molar-refractivity contribution in [3.8, 4) is 5.75 Å². The summed E-state index contributed by atoms with van der Waals surface area (Å²) >= 11 is 9.16. The molecule has 0 unspecified atom stereocenters. The number of nitrogens with one attached hydrogen (secondary N) is 1. The number of ether oxygens (including phenoxy) is 1. The molecule has 2 rings (SSSR count). The zero-order valence-electron chi connectivity index (χ0n) is 11.0. The SMILES string of the molecule is COc1ccc(Cl)cc1/C=N/NC(=O)c1cncc(Br)c1. The molecule has 0 fully saturated rings. The van der Waals surface area contributed by atoms with E-state index in [9.17, 15) is 4.79 Å². The second kappa shape index (κ2) is 7.19. The van der Waals surface area contributed by atoms with Crippen LogP contribution in [0.15, 0.2) is 46.2 Å². The van der Waals surface area contributed by atoms with Gasteiger partial charge in [-0.2, -0.15) is 5.10 Å². The van der Waals surface area contributed by atoms with Gasteiger partial charge in [0.05, 0.1) is 18.9 Å². The van der Waals surface area contributed by atoms with Gasteiger partial charge in [0.25, 0.3) is 5.91 Å². The van der Waals surface area contributed by atoms with Gasteiger partial charge in [0.2, 0.25) is 0 Å². The van der Waals surface area contributed by atoms with Crippen molar-refractivity contribution in [2.24, 2.45) is 5.10 Å². The fourth-order valence-electron chi connectivity index (χ4n) is 1.57. The summed E-state index contributed by atoms with van der Waals surface area (Å²) in [6.07, 6.45) is 4.51. The monoisotopic (exact) mass is 367 g/mol. The Labute approximate surface area is 135 Å². The van der Waals surface area contributed by atoms with Gasteiger partial charge in [-0.05, 0) is 40.2 Å². The number of hydrogen-bond acceptors (Lipinski definition) is 4. The van der Waals surface area contributed by atoms with E-state index >= 15 is 0 Å². The average Bonchev–Trinajstić information content (AvgIpc) is 2.47. The van der Waals surface area contributed by atoms with E-state index in [1.165, 1.54) is 12.4 Å². The maximum atomic E-state index is 11.9. The van der Waals surface area contributed by atoms with Crippen LogP contribution in [0.5, 0.6) is 5.75 Å². The first-order valence-corrected chi connectivity index (χ1v) is 7.05. The standard InChI is InChI=1S/C14H11BrClN3O2/c1-21-13-3-2-12(16)5-9(13)7-18-19-14(20)10-4-11(15)8-17-6-10/h2-8H,1H3,(H,19,20)/b18-7+. The van der Waals surface area contributed by atoms with E-state index in [1.54, 1.807) is 37.6 Å². The molecule has 1 aromatic carbocycles. The van der Waals surface area contributed by atoms with Crippen molar-refractivity contribution in [1.82, 2.24) is 10.4 Å². The Kier molecular flexibility index (Phi) is 5.30. The normalized spacial score (nSPS) is 10.6. The molecule has 1 amide bonds. The van der Waals surface area contributed by atoms with Crippen LogP contribution in [0.2, 0.25) is 5.02 Å². The molecule has 0 bridgehead atoms. The number of carbonyl (C=O) groups is 1. The number of benzene rings is 1. The third-order valence-corrected chi connectivity index (χ3v) is 3.20. The summed E-state index contributed by atoms with van der Waals surface area (Å²) in [5, 5.41) is 4.45. The number of carbonyl (C=O) groups excluding carboxylic acids is 1. The smallest absolute Gasteiger partial charge is 0.272 e. The van der Waals surface area contributed by atoms with E-state index in [0.717, 1.165) is 4.47 Å². The fourth-order valence-corrected chi connectivity index (χ4v) is 2.11. The number of amides is 1. The molecule has 2 aromatic rings. The van der Waals surface area contributed by atoms with Gasteiger partial charge >= 0.3 is 0 Å². The van der Waals surface area contributed by atoms with Crippen molar-refractivity contribution in [1.29, 1.82) is 0 Å². The molecule has 1 heterocycles. The number of rotatable bonds is 4. The lowest BCUT2D eigenvalue weighted by Crippen LogP contribution is -2.17. The Morgan fingerprint density at radius 1 is 1.43 bits per heavy atom. The molecule has 108 valence electrons. The fraction of sp³-hybridized carbons (Fsp3) is 0.0714. The first kappa shape index (κ1) is 15.5. The van der Waals surface area contributed by atoms with Crippen LogP contribution in [0.4, 0.5) is 0 Å². The largest absolute Gasteiger partial charge is 0.496 e. The number of hydrazone groups is 1. The molecule has 0 atom stereocenters. The van der Waals surface area contributed by atoms with Gasteiger partial charge in [-0.15, -0.1) is 0 Å². The molecule has 1 N–H and O–H groups in total. The van der Waals surface area contributed by atoms with Crippen LogP contribution in [0, 0.1) is 0 Å². The molecule has 0 spiro atoms. The van der Waals surface area contributed by atoms with E-state index in [1.807, 2.05) is 0 Å². The molecule has 0 aliphatic carbocycles. The molecule has 0 aliphatic rings. The van der Waals surface area contributed by atoms with Gasteiger partial charge in [0.15, 0.2) is 0 Å². The van der Waals surface area contributed by atoms with Crippen LogP contribution in [0.25, 0.3) is 0 Å². The van der Waals surface area contributed by atoms with Crippen molar-refractivity contribution < 1.29 is 9.53 Å². The van der Waals surface area contributed by atoms with Gasteiger partial charge in [0, 0.05) is 27.5 Å². The molecule has 0 saturated heterocycles. The zero-order valence-corrected chi connectivity index (χ0v) is 13.4.